The number of hydrogen-bond acceptors (Lipinski definition) is 5. The molecule has 4 N–H and O–H groups in total. The second-order valence-electron chi connectivity index (χ2n) is 6.67. The second-order valence-corrected chi connectivity index (χ2v) is 6.67. The van der Waals surface area contributed by atoms with Crippen LogP contribution in [0.15, 0.2) is 24.4 Å². The molecule has 9 nitrogen and oxygen atoms in total. The minimum Gasteiger partial charge on any atom is -0.480 e. The predicted octanol–water partition coefficient (Wildman–Crippen LogP) is 0.883. The van der Waals surface area contributed by atoms with Gasteiger partial charge >= 0.3 is 5.97 Å². The number of imidazole rings is 1. The zero-order valence-electron chi connectivity index (χ0n) is 16.0. The van der Waals surface area contributed by atoms with Crippen molar-refractivity contribution in [1.82, 2.24) is 20.0 Å². The number of aliphatic hydroxyl groups excluding tert-OH is 1. The maximum Gasteiger partial charge on any atom is 0.328 e. The number of fused-ring (bicyclic) bond motifs is 1. The van der Waals surface area contributed by atoms with Gasteiger partial charge in [-0.15, -0.1) is 0 Å². The van der Waals surface area contributed by atoms with Gasteiger partial charge in [0.15, 0.2) is 6.04 Å². The van der Waals surface area contributed by atoms with Crippen LogP contribution in [0.3, 0.4) is 0 Å². The first-order valence-corrected chi connectivity index (χ1v) is 9.23. The van der Waals surface area contributed by atoms with E-state index in [9.17, 15) is 19.5 Å². The molecule has 9 heteroatoms. The number of carboxylic acid groups (broad SMARTS) is 1. The highest BCUT2D eigenvalue weighted by molar-refractivity contribution is 5.94. The van der Waals surface area contributed by atoms with Crippen LogP contribution < -0.4 is 10.6 Å². The number of carbonyl (C=O) groups excluding carboxylic acids is 2. The van der Waals surface area contributed by atoms with Gasteiger partial charge in [-0.25, -0.2) is 9.78 Å². The van der Waals surface area contributed by atoms with Gasteiger partial charge in [-0.05, 0) is 38.8 Å². The zero-order chi connectivity index (χ0) is 20.7. The van der Waals surface area contributed by atoms with Gasteiger partial charge < -0.3 is 20.8 Å². The molecule has 0 bridgehead atoms. The Hall–Kier alpha value is -2.94. The summed E-state index contributed by atoms with van der Waals surface area (Å²) < 4.78 is 1.75. The molecule has 2 aromatic heterocycles. The lowest BCUT2D eigenvalue weighted by atomic mass is 10.1. The summed E-state index contributed by atoms with van der Waals surface area (Å²) in [5.41, 5.74) is 1.88. The molecule has 0 fully saturated rings. The Morgan fingerprint density at radius 1 is 1.21 bits per heavy atom. The van der Waals surface area contributed by atoms with Crippen LogP contribution in [-0.4, -0.2) is 56.1 Å². The molecule has 2 unspecified atom stereocenters. The van der Waals surface area contributed by atoms with Crippen molar-refractivity contribution in [2.45, 2.75) is 51.7 Å². The molecule has 0 spiro atoms. The van der Waals surface area contributed by atoms with Crippen LogP contribution in [0, 0.1) is 6.92 Å². The lowest BCUT2D eigenvalue weighted by Crippen LogP contribution is -2.47. The van der Waals surface area contributed by atoms with Crippen molar-refractivity contribution in [3.8, 4) is 0 Å². The second kappa shape index (κ2) is 9.84. The van der Waals surface area contributed by atoms with Crippen molar-refractivity contribution in [2.24, 2.45) is 0 Å². The number of nitrogens with one attached hydrogen (secondary N) is 2. The molecule has 0 aliphatic heterocycles. The lowest BCUT2D eigenvalue weighted by molar-refractivity contribution is -0.144. The van der Waals surface area contributed by atoms with Crippen LogP contribution in [0.5, 0.6) is 0 Å². The van der Waals surface area contributed by atoms with E-state index >= 15 is 0 Å². The Bertz CT molecular complexity index is 846. The van der Waals surface area contributed by atoms with Crippen molar-refractivity contribution < 1.29 is 24.6 Å². The number of unbranched alkanes of at least 4 members (excludes halogenated alkanes) is 2. The molecule has 0 aliphatic carbocycles. The summed E-state index contributed by atoms with van der Waals surface area (Å²) in [4.78, 5) is 39.5. The van der Waals surface area contributed by atoms with E-state index in [0.29, 0.717) is 42.8 Å². The van der Waals surface area contributed by atoms with Crippen LogP contribution in [0.4, 0.5) is 0 Å². The maximum atomic E-state index is 12.4. The first-order valence-electron chi connectivity index (χ1n) is 9.23. The topological polar surface area (TPSA) is 133 Å². The van der Waals surface area contributed by atoms with E-state index in [-0.39, 0.29) is 12.3 Å². The number of nitrogens with zero attached hydrogens (tertiary/aromatic N) is 2. The van der Waals surface area contributed by atoms with Crippen LogP contribution in [0.2, 0.25) is 0 Å². The number of carbonyl (C=O) groups is 3. The van der Waals surface area contributed by atoms with Crippen molar-refractivity contribution in [1.29, 1.82) is 0 Å². The molecular weight excluding hydrogens is 364 g/mol. The highest BCUT2D eigenvalue weighted by Gasteiger charge is 2.24. The smallest absolute Gasteiger partial charge is 0.328 e. The molecule has 2 heterocycles. The summed E-state index contributed by atoms with van der Waals surface area (Å²) in [6.07, 6.45) is 2.74. The van der Waals surface area contributed by atoms with Gasteiger partial charge in [-0.1, -0.05) is 12.5 Å². The molecule has 2 aromatic rings. The third-order valence-electron chi connectivity index (χ3n) is 4.35. The van der Waals surface area contributed by atoms with E-state index < -0.39 is 24.0 Å². The van der Waals surface area contributed by atoms with E-state index in [1.165, 1.54) is 6.92 Å². The Morgan fingerprint density at radius 3 is 2.64 bits per heavy atom. The van der Waals surface area contributed by atoms with Gasteiger partial charge in [0.2, 0.25) is 5.91 Å². The zero-order valence-corrected chi connectivity index (χ0v) is 16.0. The molecule has 0 radical (unpaired) electrons. The van der Waals surface area contributed by atoms with E-state index in [0.717, 1.165) is 0 Å². The number of aliphatic hydroxyl groups is 1. The summed E-state index contributed by atoms with van der Waals surface area (Å²) in [7, 11) is 0. The molecule has 2 atom stereocenters. The quantitative estimate of drug-likeness (QED) is 0.445. The van der Waals surface area contributed by atoms with Gasteiger partial charge in [0.1, 0.15) is 11.3 Å². The Morgan fingerprint density at radius 2 is 1.96 bits per heavy atom. The summed E-state index contributed by atoms with van der Waals surface area (Å²) in [5, 5.41) is 23.4. The first kappa shape index (κ1) is 21.4. The number of aromatic nitrogens is 2. The fourth-order valence-corrected chi connectivity index (χ4v) is 2.89. The Balaban J connectivity index is 1.70. The number of aryl methyl sites for hydroxylation is 1. The third-order valence-corrected chi connectivity index (χ3v) is 4.35. The molecule has 28 heavy (non-hydrogen) atoms. The SMILES string of the molecule is Cc1nc2ccccn2c1C(=O)NCCCCCC(=O)NC(C(=O)O)C(C)O. The normalized spacial score (nSPS) is 13.1. The molecule has 152 valence electrons. The van der Waals surface area contributed by atoms with E-state index in [1.807, 2.05) is 18.2 Å². The van der Waals surface area contributed by atoms with Crippen LogP contribution in [0.25, 0.3) is 5.65 Å². The number of amides is 2. The number of hydrogen-bond donors (Lipinski definition) is 4. The number of aliphatic carboxylic acids is 1. The average Bonchev–Trinajstić information content (AvgIpc) is 2.97. The highest BCUT2D eigenvalue weighted by atomic mass is 16.4. The van der Waals surface area contributed by atoms with Gasteiger partial charge in [-0.3, -0.25) is 14.0 Å². The van der Waals surface area contributed by atoms with Gasteiger partial charge in [0, 0.05) is 19.2 Å². The fourth-order valence-electron chi connectivity index (χ4n) is 2.89. The van der Waals surface area contributed by atoms with E-state index in [2.05, 4.69) is 15.6 Å². The third kappa shape index (κ3) is 5.53. The largest absolute Gasteiger partial charge is 0.480 e. The van der Waals surface area contributed by atoms with Crippen molar-refractivity contribution in [2.75, 3.05) is 6.54 Å². The monoisotopic (exact) mass is 390 g/mol. The number of carboxylic acids is 1. The molecular formula is C19H26N4O5. The van der Waals surface area contributed by atoms with Crippen molar-refractivity contribution in [3.63, 3.8) is 0 Å². The molecule has 0 saturated carbocycles. The molecule has 0 saturated heterocycles. The van der Waals surface area contributed by atoms with E-state index in [4.69, 9.17) is 5.11 Å². The van der Waals surface area contributed by atoms with Gasteiger partial charge in [0.25, 0.3) is 5.91 Å². The summed E-state index contributed by atoms with van der Waals surface area (Å²) >= 11 is 0. The van der Waals surface area contributed by atoms with Crippen molar-refractivity contribution in [3.05, 3.63) is 35.8 Å². The molecule has 2 rings (SSSR count). The average molecular weight is 390 g/mol. The van der Waals surface area contributed by atoms with Crippen LogP contribution in [0.1, 0.15) is 48.8 Å². The molecule has 0 aliphatic rings. The van der Waals surface area contributed by atoms with Gasteiger partial charge in [-0.2, -0.15) is 0 Å². The summed E-state index contributed by atoms with van der Waals surface area (Å²) in [6, 6.07) is 4.23. The van der Waals surface area contributed by atoms with Crippen LogP contribution in [-0.2, 0) is 9.59 Å². The van der Waals surface area contributed by atoms with Crippen molar-refractivity contribution >= 4 is 23.4 Å². The number of pyridine rings is 1. The minimum atomic E-state index is -1.31. The van der Waals surface area contributed by atoms with Gasteiger partial charge in [0.05, 0.1) is 11.8 Å². The summed E-state index contributed by atoms with van der Waals surface area (Å²) in [6.45, 7) is 3.57. The molecule has 0 aromatic carbocycles. The Labute approximate surface area is 162 Å². The highest BCUT2D eigenvalue weighted by Crippen LogP contribution is 2.11. The lowest BCUT2D eigenvalue weighted by Gasteiger charge is -2.16. The minimum absolute atomic E-state index is 0.164. The fraction of sp³-hybridized carbons (Fsp3) is 0.474. The summed E-state index contributed by atoms with van der Waals surface area (Å²) in [5.74, 6) is -1.89. The standard InChI is InChI=1S/C19H26N4O5/c1-12-17(23-11-7-5-8-14(23)21-12)18(26)20-10-6-3-4-9-15(25)22-16(13(2)24)19(27)28/h5,7-8,11,13,16,24H,3-4,6,9-10H2,1-2H3,(H,20,26)(H,22,25)(H,27,28). The maximum absolute atomic E-state index is 12.4. The van der Waals surface area contributed by atoms with Crippen LogP contribution >= 0.6 is 0 Å². The Kier molecular flexibility index (Phi) is 7.51. The number of rotatable bonds is 10. The molecule has 2 amide bonds. The first-order chi connectivity index (χ1) is 13.3. The van der Waals surface area contributed by atoms with E-state index in [1.54, 1.807) is 17.5 Å². The predicted molar refractivity (Wildman–Crippen MR) is 102 cm³/mol.